The van der Waals surface area contributed by atoms with Crippen LogP contribution in [0.3, 0.4) is 0 Å². The Morgan fingerprint density at radius 1 is 1.12 bits per heavy atom. The third kappa shape index (κ3) is 4.64. The lowest BCUT2D eigenvalue weighted by molar-refractivity contribution is 0.0943. The molecule has 0 aliphatic heterocycles. The highest BCUT2D eigenvalue weighted by atomic mass is 79.9. The van der Waals surface area contributed by atoms with Crippen molar-refractivity contribution in [3.8, 4) is 17.2 Å². The fourth-order valence-electron chi connectivity index (χ4n) is 2.20. The smallest absolute Gasteiger partial charge is 0.255 e. The largest absolute Gasteiger partial charge is 0.497 e. The lowest BCUT2D eigenvalue weighted by atomic mass is 10.1. The number of aryl methyl sites for hydroxylation is 1. The van der Waals surface area contributed by atoms with Gasteiger partial charge in [-0.25, -0.2) is 0 Å². The molecule has 0 saturated heterocycles. The van der Waals surface area contributed by atoms with Crippen molar-refractivity contribution in [2.75, 3.05) is 27.4 Å². The van der Waals surface area contributed by atoms with E-state index in [9.17, 15) is 4.79 Å². The standard InChI is InChI=1S/C18H20BrNO4/c1-12-5-4-6-13(9-12)24-8-7-20-18(21)15-10-14(22-2)11-16(19)17(15)23-3/h4-6,9-11H,7-8H2,1-3H3,(H,20,21). The summed E-state index contributed by atoms with van der Waals surface area (Å²) >= 11 is 3.38. The van der Waals surface area contributed by atoms with Crippen LogP contribution in [0.1, 0.15) is 15.9 Å². The first-order chi connectivity index (χ1) is 11.5. The summed E-state index contributed by atoms with van der Waals surface area (Å²) in [5.41, 5.74) is 1.53. The predicted octanol–water partition coefficient (Wildman–Crippen LogP) is 3.58. The van der Waals surface area contributed by atoms with Gasteiger partial charge in [0.15, 0.2) is 0 Å². The normalized spacial score (nSPS) is 10.2. The number of benzene rings is 2. The van der Waals surface area contributed by atoms with Gasteiger partial charge in [-0.1, -0.05) is 12.1 Å². The molecule has 0 spiro atoms. The fourth-order valence-corrected chi connectivity index (χ4v) is 2.80. The van der Waals surface area contributed by atoms with E-state index in [1.165, 1.54) is 7.11 Å². The molecule has 5 nitrogen and oxygen atoms in total. The molecule has 0 aliphatic rings. The van der Waals surface area contributed by atoms with Crippen molar-refractivity contribution in [3.63, 3.8) is 0 Å². The van der Waals surface area contributed by atoms with Crippen LogP contribution in [0.25, 0.3) is 0 Å². The summed E-state index contributed by atoms with van der Waals surface area (Å²) in [6.45, 7) is 2.76. The summed E-state index contributed by atoms with van der Waals surface area (Å²) in [6.07, 6.45) is 0. The Morgan fingerprint density at radius 2 is 1.92 bits per heavy atom. The Hall–Kier alpha value is -2.21. The maximum absolute atomic E-state index is 12.4. The number of carbonyl (C=O) groups excluding carboxylic acids is 1. The number of hydrogen-bond acceptors (Lipinski definition) is 4. The number of carbonyl (C=O) groups is 1. The molecule has 0 fully saturated rings. The third-order valence-electron chi connectivity index (χ3n) is 3.35. The van der Waals surface area contributed by atoms with E-state index in [0.29, 0.717) is 34.7 Å². The second kappa shape index (κ2) is 8.59. The highest BCUT2D eigenvalue weighted by Crippen LogP contribution is 2.33. The molecule has 0 atom stereocenters. The van der Waals surface area contributed by atoms with Gasteiger partial charge in [-0.15, -0.1) is 0 Å². The van der Waals surface area contributed by atoms with Crippen LogP contribution in [0.4, 0.5) is 0 Å². The Balaban J connectivity index is 1.96. The van der Waals surface area contributed by atoms with Crippen LogP contribution in [-0.2, 0) is 0 Å². The molecule has 0 bridgehead atoms. The van der Waals surface area contributed by atoms with E-state index in [1.807, 2.05) is 31.2 Å². The molecule has 0 heterocycles. The van der Waals surface area contributed by atoms with E-state index < -0.39 is 0 Å². The molecule has 0 saturated carbocycles. The van der Waals surface area contributed by atoms with Crippen molar-refractivity contribution >= 4 is 21.8 Å². The Morgan fingerprint density at radius 3 is 2.58 bits per heavy atom. The van der Waals surface area contributed by atoms with Crippen molar-refractivity contribution in [2.45, 2.75) is 6.92 Å². The van der Waals surface area contributed by atoms with Gasteiger partial charge < -0.3 is 19.5 Å². The van der Waals surface area contributed by atoms with Crippen molar-refractivity contribution in [1.29, 1.82) is 0 Å². The van der Waals surface area contributed by atoms with Gasteiger partial charge in [0.25, 0.3) is 5.91 Å². The highest BCUT2D eigenvalue weighted by molar-refractivity contribution is 9.10. The zero-order valence-corrected chi connectivity index (χ0v) is 15.5. The van der Waals surface area contributed by atoms with E-state index in [0.717, 1.165) is 11.3 Å². The highest BCUT2D eigenvalue weighted by Gasteiger charge is 2.17. The van der Waals surface area contributed by atoms with Crippen LogP contribution < -0.4 is 19.5 Å². The summed E-state index contributed by atoms with van der Waals surface area (Å²) in [6, 6.07) is 11.2. The lowest BCUT2D eigenvalue weighted by Gasteiger charge is -2.13. The number of hydrogen-bond donors (Lipinski definition) is 1. The zero-order valence-electron chi connectivity index (χ0n) is 13.9. The van der Waals surface area contributed by atoms with Crippen LogP contribution in [0.5, 0.6) is 17.2 Å². The van der Waals surface area contributed by atoms with Gasteiger partial charge in [-0.3, -0.25) is 4.79 Å². The van der Waals surface area contributed by atoms with Gasteiger partial charge >= 0.3 is 0 Å². The molecule has 6 heteroatoms. The number of halogens is 1. The molecule has 0 aromatic heterocycles. The second-order valence-corrected chi connectivity index (χ2v) is 5.97. The molecule has 2 aromatic carbocycles. The van der Waals surface area contributed by atoms with Crippen LogP contribution >= 0.6 is 15.9 Å². The van der Waals surface area contributed by atoms with Crippen LogP contribution in [0.2, 0.25) is 0 Å². The molecule has 128 valence electrons. The van der Waals surface area contributed by atoms with Gasteiger partial charge in [-0.2, -0.15) is 0 Å². The second-order valence-electron chi connectivity index (χ2n) is 5.11. The van der Waals surface area contributed by atoms with Gasteiger partial charge in [0.2, 0.25) is 0 Å². The molecule has 2 rings (SSSR count). The molecule has 0 radical (unpaired) electrons. The minimum absolute atomic E-state index is 0.251. The number of amides is 1. The number of methoxy groups -OCH3 is 2. The fraction of sp³-hybridized carbons (Fsp3) is 0.278. The predicted molar refractivity (Wildman–Crippen MR) is 96.3 cm³/mol. The average molecular weight is 394 g/mol. The minimum Gasteiger partial charge on any atom is -0.497 e. The molecule has 1 N–H and O–H groups in total. The van der Waals surface area contributed by atoms with E-state index in [1.54, 1.807) is 19.2 Å². The quantitative estimate of drug-likeness (QED) is 0.730. The first kappa shape index (κ1) is 18.1. The molecular formula is C18H20BrNO4. The topological polar surface area (TPSA) is 56.8 Å². The summed E-state index contributed by atoms with van der Waals surface area (Å²) in [5, 5.41) is 2.82. The molecule has 24 heavy (non-hydrogen) atoms. The van der Waals surface area contributed by atoms with E-state index >= 15 is 0 Å². The molecule has 0 aliphatic carbocycles. The van der Waals surface area contributed by atoms with Crippen LogP contribution in [-0.4, -0.2) is 33.3 Å². The molecular weight excluding hydrogens is 374 g/mol. The number of nitrogens with one attached hydrogen (secondary N) is 1. The van der Waals surface area contributed by atoms with Crippen LogP contribution in [0, 0.1) is 6.92 Å². The first-order valence-electron chi connectivity index (χ1n) is 7.44. The Bertz CT molecular complexity index is 718. The summed E-state index contributed by atoms with van der Waals surface area (Å²) in [5.74, 6) is 1.57. The molecule has 1 amide bonds. The SMILES string of the molecule is COc1cc(Br)c(OC)c(C(=O)NCCOc2cccc(C)c2)c1. The first-order valence-corrected chi connectivity index (χ1v) is 8.23. The summed E-state index contributed by atoms with van der Waals surface area (Å²) in [4.78, 5) is 12.4. The lowest BCUT2D eigenvalue weighted by Crippen LogP contribution is -2.28. The number of rotatable bonds is 7. The Labute approximate surface area is 150 Å². The van der Waals surface area contributed by atoms with Crippen molar-refractivity contribution < 1.29 is 19.0 Å². The summed E-state index contributed by atoms with van der Waals surface area (Å²) < 4.78 is 16.8. The van der Waals surface area contributed by atoms with Gasteiger partial charge in [0, 0.05) is 0 Å². The molecule has 2 aromatic rings. The van der Waals surface area contributed by atoms with Gasteiger partial charge in [0.05, 0.1) is 30.8 Å². The summed E-state index contributed by atoms with van der Waals surface area (Å²) in [7, 11) is 3.07. The van der Waals surface area contributed by atoms with Crippen molar-refractivity contribution in [1.82, 2.24) is 5.32 Å². The minimum atomic E-state index is -0.251. The third-order valence-corrected chi connectivity index (χ3v) is 3.94. The Kier molecular flexibility index (Phi) is 6.49. The zero-order chi connectivity index (χ0) is 17.5. The van der Waals surface area contributed by atoms with Gasteiger partial charge in [-0.05, 0) is 52.7 Å². The molecule has 0 unspecified atom stereocenters. The average Bonchev–Trinajstić information content (AvgIpc) is 2.57. The monoisotopic (exact) mass is 393 g/mol. The number of ether oxygens (including phenoxy) is 3. The maximum Gasteiger partial charge on any atom is 0.255 e. The van der Waals surface area contributed by atoms with Gasteiger partial charge in [0.1, 0.15) is 23.9 Å². The van der Waals surface area contributed by atoms with E-state index in [4.69, 9.17) is 14.2 Å². The van der Waals surface area contributed by atoms with Crippen molar-refractivity contribution in [3.05, 3.63) is 52.0 Å². The van der Waals surface area contributed by atoms with Crippen LogP contribution in [0.15, 0.2) is 40.9 Å². The van der Waals surface area contributed by atoms with Crippen molar-refractivity contribution in [2.24, 2.45) is 0 Å². The maximum atomic E-state index is 12.4. The van der Waals surface area contributed by atoms with E-state index in [2.05, 4.69) is 21.2 Å². The van der Waals surface area contributed by atoms with E-state index in [-0.39, 0.29) is 5.91 Å².